The van der Waals surface area contributed by atoms with E-state index in [1.807, 2.05) is 27.1 Å². The number of ether oxygens (including phenoxy) is 1. The van der Waals surface area contributed by atoms with E-state index in [9.17, 15) is 13.2 Å². The molecular formula is C19H21F3IN5OS. The molecule has 0 saturated carbocycles. The summed E-state index contributed by atoms with van der Waals surface area (Å²) in [6, 6.07) is 5.30. The Morgan fingerprint density at radius 3 is 2.97 bits per heavy atom. The molecule has 0 radical (unpaired) electrons. The average Bonchev–Trinajstić information content (AvgIpc) is 3.30. The second-order valence-electron chi connectivity index (χ2n) is 6.65. The molecule has 3 aromatic rings. The third-order valence-corrected chi connectivity index (χ3v) is 5.51. The van der Waals surface area contributed by atoms with Crippen molar-refractivity contribution >= 4 is 46.2 Å². The predicted molar refractivity (Wildman–Crippen MR) is 120 cm³/mol. The first-order chi connectivity index (χ1) is 13.9. The van der Waals surface area contributed by atoms with E-state index in [0.717, 1.165) is 22.8 Å². The summed E-state index contributed by atoms with van der Waals surface area (Å²) in [5.74, 6) is 0.668. The van der Waals surface area contributed by atoms with E-state index in [1.165, 1.54) is 6.07 Å². The van der Waals surface area contributed by atoms with Gasteiger partial charge in [0.15, 0.2) is 10.9 Å². The molecule has 1 fully saturated rings. The van der Waals surface area contributed by atoms with Crippen LogP contribution in [0.1, 0.15) is 22.9 Å². The lowest BCUT2D eigenvalue weighted by Crippen LogP contribution is -2.48. The standard InChI is InChI=1S/C19H20F3N5OS.HI/c1-23-17(24-10-15-11-27-6-8-29-18(27)25-15)26-5-7-28-16(12-26)13-3-2-4-14(9-13)19(20,21)22;/h2-4,6,8-9,11,16H,5,7,10,12H2,1H3,(H,23,24);1H. The SMILES string of the molecule is CN=C(NCc1cn2ccsc2n1)N1CCOC(c2cccc(C(F)(F)F)c2)C1.I. The number of imidazole rings is 1. The van der Waals surface area contributed by atoms with Crippen LogP contribution in [-0.4, -0.2) is 47.0 Å². The average molecular weight is 551 g/mol. The van der Waals surface area contributed by atoms with Crippen LogP contribution in [0.5, 0.6) is 0 Å². The van der Waals surface area contributed by atoms with Gasteiger partial charge in [-0.25, -0.2) is 4.98 Å². The first-order valence-electron chi connectivity index (χ1n) is 9.09. The second-order valence-corrected chi connectivity index (χ2v) is 7.53. The fourth-order valence-electron chi connectivity index (χ4n) is 3.32. The predicted octanol–water partition coefficient (Wildman–Crippen LogP) is 4.18. The summed E-state index contributed by atoms with van der Waals surface area (Å²) < 4.78 is 46.8. The quantitative estimate of drug-likeness (QED) is 0.302. The Morgan fingerprint density at radius 1 is 1.40 bits per heavy atom. The lowest BCUT2D eigenvalue weighted by Gasteiger charge is -2.35. The molecular weight excluding hydrogens is 530 g/mol. The summed E-state index contributed by atoms with van der Waals surface area (Å²) >= 11 is 1.56. The molecule has 30 heavy (non-hydrogen) atoms. The Labute approximate surface area is 192 Å². The van der Waals surface area contributed by atoms with Gasteiger partial charge in [-0.3, -0.25) is 9.39 Å². The van der Waals surface area contributed by atoms with E-state index < -0.39 is 17.8 Å². The Balaban J connectivity index is 0.00000256. The van der Waals surface area contributed by atoms with Crippen LogP contribution in [0.4, 0.5) is 13.2 Å². The number of rotatable bonds is 3. The van der Waals surface area contributed by atoms with E-state index in [1.54, 1.807) is 24.5 Å². The molecule has 1 saturated heterocycles. The molecule has 1 aromatic carbocycles. The van der Waals surface area contributed by atoms with Gasteiger partial charge in [-0.15, -0.1) is 35.3 Å². The molecule has 6 nitrogen and oxygen atoms in total. The number of hydrogen-bond acceptors (Lipinski definition) is 4. The van der Waals surface area contributed by atoms with Gasteiger partial charge in [0.25, 0.3) is 0 Å². The maximum Gasteiger partial charge on any atom is 0.416 e. The maximum atomic E-state index is 13.0. The minimum Gasteiger partial charge on any atom is -0.370 e. The Hall–Kier alpha value is -1.86. The zero-order valence-corrected chi connectivity index (χ0v) is 19.2. The maximum absolute atomic E-state index is 13.0. The minimum absolute atomic E-state index is 0. The van der Waals surface area contributed by atoms with Crippen molar-refractivity contribution in [1.82, 2.24) is 19.6 Å². The number of nitrogens with zero attached hydrogens (tertiary/aromatic N) is 4. The van der Waals surface area contributed by atoms with E-state index in [0.29, 0.717) is 37.8 Å². The lowest BCUT2D eigenvalue weighted by molar-refractivity contribution is -0.137. The van der Waals surface area contributed by atoms with Crippen molar-refractivity contribution in [2.45, 2.75) is 18.8 Å². The molecule has 0 spiro atoms. The topological polar surface area (TPSA) is 54.2 Å². The molecule has 162 valence electrons. The lowest BCUT2D eigenvalue weighted by atomic mass is 10.0. The zero-order chi connectivity index (χ0) is 20.4. The first kappa shape index (κ1) is 22.8. The Bertz CT molecular complexity index is 990. The van der Waals surface area contributed by atoms with Gasteiger partial charge in [-0.2, -0.15) is 13.2 Å². The number of thiazole rings is 1. The smallest absolute Gasteiger partial charge is 0.370 e. The van der Waals surface area contributed by atoms with Crippen LogP contribution in [0.15, 0.2) is 47.0 Å². The summed E-state index contributed by atoms with van der Waals surface area (Å²) in [5.41, 5.74) is 0.730. The minimum atomic E-state index is -4.37. The molecule has 0 bridgehead atoms. The van der Waals surface area contributed by atoms with E-state index in [4.69, 9.17) is 4.74 Å². The highest BCUT2D eigenvalue weighted by Crippen LogP contribution is 2.32. The molecule has 0 aliphatic carbocycles. The van der Waals surface area contributed by atoms with Crippen molar-refractivity contribution in [3.05, 3.63) is 58.9 Å². The van der Waals surface area contributed by atoms with Gasteiger partial charge in [0, 0.05) is 31.4 Å². The second kappa shape index (κ2) is 9.52. The van der Waals surface area contributed by atoms with Crippen LogP contribution in [0, 0.1) is 0 Å². The van der Waals surface area contributed by atoms with Crippen LogP contribution >= 0.6 is 35.3 Å². The molecule has 2 aromatic heterocycles. The van der Waals surface area contributed by atoms with Crippen molar-refractivity contribution in [2.75, 3.05) is 26.7 Å². The van der Waals surface area contributed by atoms with Crippen molar-refractivity contribution in [3.63, 3.8) is 0 Å². The van der Waals surface area contributed by atoms with Crippen LogP contribution in [0.3, 0.4) is 0 Å². The molecule has 1 N–H and O–H groups in total. The van der Waals surface area contributed by atoms with E-state index >= 15 is 0 Å². The number of hydrogen-bond donors (Lipinski definition) is 1. The molecule has 1 aliphatic rings. The number of fused-ring (bicyclic) bond motifs is 1. The highest BCUT2D eigenvalue weighted by Gasteiger charge is 2.32. The third kappa shape index (κ3) is 5.06. The largest absolute Gasteiger partial charge is 0.416 e. The number of guanidine groups is 1. The highest BCUT2D eigenvalue weighted by atomic mass is 127. The summed E-state index contributed by atoms with van der Waals surface area (Å²) in [5, 5.41) is 5.26. The number of nitrogens with one attached hydrogen (secondary N) is 1. The van der Waals surface area contributed by atoms with Gasteiger partial charge in [0.1, 0.15) is 6.10 Å². The number of morpholine rings is 1. The van der Waals surface area contributed by atoms with E-state index in [2.05, 4.69) is 15.3 Å². The van der Waals surface area contributed by atoms with Crippen LogP contribution in [-0.2, 0) is 17.5 Å². The number of halogens is 4. The van der Waals surface area contributed by atoms with Crippen molar-refractivity contribution in [1.29, 1.82) is 0 Å². The van der Waals surface area contributed by atoms with Crippen molar-refractivity contribution in [2.24, 2.45) is 4.99 Å². The van der Waals surface area contributed by atoms with Crippen LogP contribution in [0.2, 0.25) is 0 Å². The van der Waals surface area contributed by atoms with E-state index in [-0.39, 0.29) is 24.0 Å². The molecule has 3 heterocycles. The van der Waals surface area contributed by atoms with Crippen LogP contribution in [0.25, 0.3) is 4.96 Å². The number of aliphatic imine (C=N–C) groups is 1. The Kier molecular flexibility index (Phi) is 7.24. The third-order valence-electron chi connectivity index (χ3n) is 4.73. The molecule has 1 atom stereocenters. The van der Waals surface area contributed by atoms with Gasteiger partial charge in [-0.1, -0.05) is 12.1 Å². The summed E-state index contributed by atoms with van der Waals surface area (Å²) in [6.07, 6.45) is -0.924. The summed E-state index contributed by atoms with van der Waals surface area (Å²) in [7, 11) is 1.68. The molecule has 0 amide bonds. The molecule has 1 aliphatic heterocycles. The Morgan fingerprint density at radius 2 is 2.23 bits per heavy atom. The van der Waals surface area contributed by atoms with Gasteiger partial charge in [0.05, 0.1) is 31.0 Å². The van der Waals surface area contributed by atoms with Gasteiger partial charge in [-0.05, 0) is 17.7 Å². The summed E-state index contributed by atoms with van der Waals surface area (Å²) in [4.78, 5) is 11.8. The number of benzene rings is 1. The van der Waals surface area contributed by atoms with Crippen LogP contribution < -0.4 is 5.32 Å². The molecule has 1 unspecified atom stereocenters. The van der Waals surface area contributed by atoms with Gasteiger partial charge >= 0.3 is 6.18 Å². The highest BCUT2D eigenvalue weighted by molar-refractivity contribution is 14.0. The zero-order valence-electron chi connectivity index (χ0n) is 16.1. The van der Waals surface area contributed by atoms with Crippen molar-refractivity contribution in [3.8, 4) is 0 Å². The van der Waals surface area contributed by atoms with Gasteiger partial charge < -0.3 is 15.0 Å². The number of alkyl halides is 3. The first-order valence-corrected chi connectivity index (χ1v) is 9.97. The molecule has 4 rings (SSSR count). The fraction of sp³-hybridized carbons (Fsp3) is 0.368. The van der Waals surface area contributed by atoms with Gasteiger partial charge in [0.2, 0.25) is 0 Å². The van der Waals surface area contributed by atoms with Crippen molar-refractivity contribution < 1.29 is 17.9 Å². The summed E-state index contributed by atoms with van der Waals surface area (Å²) in [6.45, 7) is 1.93. The fourth-order valence-corrected chi connectivity index (χ4v) is 4.04. The molecule has 11 heteroatoms. The number of aromatic nitrogens is 2. The normalized spacial score (nSPS) is 17.8. The monoisotopic (exact) mass is 551 g/mol.